The summed E-state index contributed by atoms with van der Waals surface area (Å²) in [7, 11) is 0. The number of hydrogen-bond acceptors (Lipinski definition) is 3. The van der Waals surface area contributed by atoms with E-state index in [1.807, 2.05) is 19.1 Å². The van der Waals surface area contributed by atoms with E-state index in [4.69, 9.17) is 0 Å². The van der Waals surface area contributed by atoms with Crippen molar-refractivity contribution in [1.82, 2.24) is 9.13 Å². The summed E-state index contributed by atoms with van der Waals surface area (Å²) in [6.07, 6.45) is 0. The van der Waals surface area contributed by atoms with E-state index in [2.05, 4.69) is 21.2 Å². The molecule has 0 spiro atoms. The number of carbonyl (C=O) groups is 1. The standard InChI is InChI=1S/C24H19BrFN3O3/c1-15-12-18(10-11-20(15)25)27-22(30)14-28-21-5-3-2-4-19(21)23(31)29(24(28)32)13-16-6-8-17(26)9-7-16/h2-12H,13-14H2,1H3,(H,27,30). The number of nitrogens with zero attached hydrogens (tertiary/aromatic N) is 2. The van der Waals surface area contributed by atoms with Crippen LogP contribution in [0.1, 0.15) is 11.1 Å². The van der Waals surface area contributed by atoms with Crippen molar-refractivity contribution in [2.45, 2.75) is 20.0 Å². The molecule has 1 heterocycles. The Balaban J connectivity index is 1.73. The number of nitrogens with one attached hydrogen (secondary N) is 1. The summed E-state index contributed by atoms with van der Waals surface area (Å²) in [5.74, 6) is -0.803. The van der Waals surface area contributed by atoms with Crippen LogP contribution in [-0.4, -0.2) is 15.0 Å². The van der Waals surface area contributed by atoms with Crippen molar-refractivity contribution < 1.29 is 9.18 Å². The number of halogens is 2. The number of amides is 1. The van der Waals surface area contributed by atoms with Gasteiger partial charge in [-0.25, -0.2) is 9.18 Å². The predicted molar refractivity (Wildman–Crippen MR) is 125 cm³/mol. The molecule has 0 atom stereocenters. The van der Waals surface area contributed by atoms with E-state index in [1.165, 1.54) is 28.8 Å². The lowest BCUT2D eigenvalue weighted by Crippen LogP contribution is -2.42. The Morgan fingerprint density at radius 1 is 1.00 bits per heavy atom. The molecule has 8 heteroatoms. The van der Waals surface area contributed by atoms with Gasteiger partial charge in [-0.05, 0) is 60.5 Å². The van der Waals surface area contributed by atoms with Crippen LogP contribution >= 0.6 is 15.9 Å². The topological polar surface area (TPSA) is 73.1 Å². The van der Waals surface area contributed by atoms with Crippen molar-refractivity contribution in [1.29, 1.82) is 0 Å². The number of hydrogen-bond donors (Lipinski definition) is 1. The lowest BCUT2D eigenvalue weighted by atomic mass is 10.2. The third-order valence-corrected chi connectivity index (χ3v) is 6.02. The highest BCUT2D eigenvalue weighted by atomic mass is 79.9. The van der Waals surface area contributed by atoms with Gasteiger partial charge < -0.3 is 5.32 Å². The highest BCUT2D eigenvalue weighted by molar-refractivity contribution is 9.10. The Hall–Kier alpha value is -3.52. The average molecular weight is 496 g/mol. The molecule has 4 aromatic rings. The SMILES string of the molecule is Cc1cc(NC(=O)Cn2c(=O)n(Cc3ccc(F)cc3)c(=O)c3ccccc32)ccc1Br. The lowest BCUT2D eigenvalue weighted by molar-refractivity contribution is -0.116. The van der Waals surface area contributed by atoms with Crippen LogP contribution in [0.25, 0.3) is 10.9 Å². The van der Waals surface area contributed by atoms with Crippen molar-refractivity contribution in [2.75, 3.05) is 5.32 Å². The first-order valence-corrected chi connectivity index (χ1v) is 10.7. The minimum absolute atomic E-state index is 0.0314. The van der Waals surface area contributed by atoms with Crippen LogP contribution in [0.5, 0.6) is 0 Å². The van der Waals surface area contributed by atoms with Crippen LogP contribution in [-0.2, 0) is 17.9 Å². The first-order valence-electron chi connectivity index (χ1n) is 9.86. The summed E-state index contributed by atoms with van der Waals surface area (Å²) in [5, 5.41) is 3.11. The summed E-state index contributed by atoms with van der Waals surface area (Å²) < 4.78 is 16.5. The lowest BCUT2D eigenvalue weighted by Gasteiger charge is -2.14. The molecule has 0 radical (unpaired) electrons. The minimum Gasteiger partial charge on any atom is -0.325 e. The second kappa shape index (κ2) is 8.92. The maximum atomic E-state index is 13.2. The number of para-hydroxylation sites is 1. The number of anilines is 1. The largest absolute Gasteiger partial charge is 0.332 e. The van der Waals surface area contributed by atoms with Gasteiger partial charge in [-0.3, -0.25) is 18.7 Å². The third-order valence-electron chi connectivity index (χ3n) is 5.13. The molecule has 6 nitrogen and oxygen atoms in total. The number of carbonyl (C=O) groups excluding carboxylic acids is 1. The van der Waals surface area contributed by atoms with Crippen molar-refractivity contribution in [3.8, 4) is 0 Å². The van der Waals surface area contributed by atoms with Gasteiger partial charge in [0.05, 0.1) is 17.4 Å². The Kier molecular flexibility index (Phi) is 6.05. The molecule has 4 rings (SSSR count). The minimum atomic E-state index is -0.611. The maximum Gasteiger partial charge on any atom is 0.332 e. The summed E-state index contributed by atoms with van der Waals surface area (Å²) in [6.45, 7) is 1.61. The monoisotopic (exact) mass is 495 g/mol. The molecule has 0 aliphatic rings. The zero-order valence-electron chi connectivity index (χ0n) is 17.1. The summed E-state index contributed by atoms with van der Waals surface area (Å²) >= 11 is 3.42. The second-order valence-electron chi connectivity index (χ2n) is 7.42. The second-order valence-corrected chi connectivity index (χ2v) is 8.27. The fraction of sp³-hybridized carbons (Fsp3) is 0.125. The highest BCUT2D eigenvalue weighted by Gasteiger charge is 2.16. The Bertz CT molecular complexity index is 1440. The van der Waals surface area contributed by atoms with Gasteiger partial charge in [0.15, 0.2) is 0 Å². The van der Waals surface area contributed by atoms with E-state index in [0.29, 0.717) is 22.2 Å². The van der Waals surface area contributed by atoms with Gasteiger partial charge in [0.2, 0.25) is 5.91 Å². The average Bonchev–Trinajstić information content (AvgIpc) is 2.78. The smallest absolute Gasteiger partial charge is 0.325 e. The van der Waals surface area contributed by atoms with Crippen molar-refractivity contribution in [3.63, 3.8) is 0 Å². The van der Waals surface area contributed by atoms with Gasteiger partial charge >= 0.3 is 5.69 Å². The first-order chi connectivity index (χ1) is 15.3. The first kappa shape index (κ1) is 21.7. The Morgan fingerprint density at radius 3 is 2.44 bits per heavy atom. The summed E-state index contributed by atoms with van der Waals surface area (Å²) in [5.41, 5.74) is 1.46. The molecule has 0 saturated carbocycles. The molecule has 1 amide bonds. The van der Waals surface area contributed by atoms with Gasteiger partial charge in [-0.15, -0.1) is 0 Å². The van der Waals surface area contributed by atoms with E-state index >= 15 is 0 Å². The zero-order valence-corrected chi connectivity index (χ0v) is 18.7. The molecular weight excluding hydrogens is 477 g/mol. The molecule has 0 unspecified atom stereocenters. The van der Waals surface area contributed by atoms with Crippen LogP contribution in [0.2, 0.25) is 0 Å². The van der Waals surface area contributed by atoms with Crippen molar-refractivity contribution in [2.24, 2.45) is 0 Å². The fourth-order valence-electron chi connectivity index (χ4n) is 3.50. The van der Waals surface area contributed by atoms with Gasteiger partial charge in [0.1, 0.15) is 12.4 Å². The number of benzene rings is 3. The molecular formula is C24H19BrFN3O3. The molecule has 0 saturated heterocycles. The zero-order chi connectivity index (χ0) is 22.8. The third kappa shape index (κ3) is 4.40. The molecule has 162 valence electrons. The molecule has 0 aliphatic heterocycles. The molecule has 3 aromatic carbocycles. The van der Waals surface area contributed by atoms with Crippen LogP contribution in [0.15, 0.2) is 80.8 Å². The molecule has 32 heavy (non-hydrogen) atoms. The predicted octanol–water partition coefficient (Wildman–Crippen LogP) is 4.06. The van der Waals surface area contributed by atoms with Crippen molar-refractivity contribution >= 4 is 38.4 Å². The fourth-order valence-corrected chi connectivity index (χ4v) is 3.75. The number of aryl methyl sites for hydroxylation is 1. The number of rotatable bonds is 5. The maximum absolute atomic E-state index is 13.2. The van der Waals surface area contributed by atoms with E-state index < -0.39 is 23.0 Å². The van der Waals surface area contributed by atoms with Crippen LogP contribution in [0.4, 0.5) is 10.1 Å². The van der Waals surface area contributed by atoms with Crippen LogP contribution in [0, 0.1) is 12.7 Å². The molecule has 0 aliphatic carbocycles. The summed E-state index contributed by atoms with van der Waals surface area (Å²) in [4.78, 5) is 39.0. The van der Waals surface area contributed by atoms with Crippen LogP contribution < -0.4 is 16.6 Å². The Labute approximate surface area is 191 Å². The highest BCUT2D eigenvalue weighted by Crippen LogP contribution is 2.20. The number of aromatic nitrogens is 2. The summed E-state index contributed by atoms with van der Waals surface area (Å²) in [6, 6.07) is 17.6. The van der Waals surface area contributed by atoms with Gasteiger partial charge in [-0.2, -0.15) is 0 Å². The normalized spacial score (nSPS) is 11.0. The van der Waals surface area contributed by atoms with Crippen molar-refractivity contribution in [3.05, 3.63) is 109 Å². The quantitative estimate of drug-likeness (QED) is 0.453. The van der Waals surface area contributed by atoms with E-state index in [1.54, 1.807) is 30.3 Å². The Morgan fingerprint density at radius 2 is 1.72 bits per heavy atom. The molecule has 0 fully saturated rings. The van der Waals surface area contributed by atoms with Crippen LogP contribution in [0.3, 0.4) is 0 Å². The molecule has 1 aromatic heterocycles. The number of fused-ring (bicyclic) bond motifs is 1. The van der Waals surface area contributed by atoms with E-state index in [9.17, 15) is 18.8 Å². The van der Waals surface area contributed by atoms with Gasteiger partial charge in [-0.1, -0.05) is 40.2 Å². The molecule has 1 N–H and O–H groups in total. The van der Waals surface area contributed by atoms with Gasteiger partial charge in [0, 0.05) is 10.2 Å². The van der Waals surface area contributed by atoms with Gasteiger partial charge in [0.25, 0.3) is 5.56 Å². The molecule has 0 bridgehead atoms. The van der Waals surface area contributed by atoms with E-state index in [-0.39, 0.29) is 13.1 Å². The van der Waals surface area contributed by atoms with E-state index in [0.717, 1.165) is 14.6 Å².